The second-order valence-corrected chi connectivity index (χ2v) is 6.50. The lowest BCUT2D eigenvalue weighted by Gasteiger charge is -2.08. The number of hydrogen-bond acceptors (Lipinski definition) is 4. The van der Waals surface area contributed by atoms with Gasteiger partial charge in [0.2, 0.25) is 11.8 Å². The number of nitrogens with two attached hydrogens (primary N) is 2. The smallest absolute Gasteiger partial charge is 0.294 e. The lowest BCUT2D eigenvalue weighted by Crippen LogP contribution is -2.22. The van der Waals surface area contributed by atoms with Gasteiger partial charge in [0.15, 0.2) is 0 Å². The van der Waals surface area contributed by atoms with Gasteiger partial charge in [-0.15, -0.1) is 0 Å². The normalized spacial score (nSPS) is 15.5. The van der Waals surface area contributed by atoms with Gasteiger partial charge in [-0.1, -0.05) is 18.2 Å². The van der Waals surface area contributed by atoms with Crippen LogP contribution in [-0.4, -0.2) is 24.8 Å². The minimum atomic E-state index is -4.00. The van der Waals surface area contributed by atoms with Crippen LogP contribution in [-0.2, 0) is 19.7 Å². The summed E-state index contributed by atoms with van der Waals surface area (Å²) in [6, 6.07) is 7.42. The van der Waals surface area contributed by atoms with Crippen molar-refractivity contribution in [1.29, 1.82) is 0 Å². The first-order chi connectivity index (χ1) is 9.65. The van der Waals surface area contributed by atoms with Gasteiger partial charge >= 0.3 is 0 Å². The first-order valence-electron chi connectivity index (χ1n) is 6.24. The van der Waals surface area contributed by atoms with E-state index in [1.807, 2.05) is 0 Å². The van der Waals surface area contributed by atoms with E-state index < -0.39 is 10.1 Å². The Morgan fingerprint density at radius 2 is 1.48 bits per heavy atom. The largest absolute Gasteiger partial charge is 0.370 e. The third-order valence-electron chi connectivity index (χ3n) is 3.10. The number of amides is 2. The highest BCUT2D eigenvalue weighted by molar-refractivity contribution is 7.85. The molecule has 0 heterocycles. The zero-order valence-electron chi connectivity index (χ0n) is 11.4. The highest BCUT2D eigenvalue weighted by Crippen LogP contribution is 2.51. The second kappa shape index (κ2) is 6.68. The van der Waals surface area contributed by atoms with Crippen LogP contribution in [0.25, 0.3) is 0 Å². The quantitative estimate of drug-likeness (QED) is 0.677. The van der Waals surface area contributed by atoms with Gasteiger partial charge in [0.25, 0.3) is 10.1 Å². The molecule has 2 amide bonds. The van der Waals surface area contributed by atoms with Gasteiger partial charge in [0, 0.05) is 12.8 Å². The molecule has 2 rings (SSSR count). The van der Waals surface area contributed by atoms with E-state index in [9.17, 15) is 18.0 Å². The molecule has 1 aliphatic rings. The molecule has 21 heavy (non-hydrogen) atoms. The van der Waals surface area contributed by atoms with Gasteiger partial charge in [0.05, 0.1) is 4.90 Å². The standard InChI is InChI=1S/C7H12N2O2.C6H6O3S/c8-5(10)3-7(1-2-7)4-6(9)11;7-10(8,9)6-4-2-1-3-5-6/h1-4H2,(H2,8,10)(H2,9,11);1-5H,(H,7,8,9). The second-order valence-electron chi connectivity index (χ2n) is 5.07. The minimum absolute atomic E-state index is 0.0741. The van der Waals surface area contributed by atoms with Crippen LogP contribution in [0.4, 0.5) is 0 Å². The maximum Gasteiger partial charge on any atom is 0.294 e. The molecule has 7 nitrogen and oxygen atoms in total. The Bertz CT molecular complexity index is 591. The number of hydrogen-bond donors (Lipinski definition) is 3. The first kappa shape index (κ1) is 17.1. The molecule has 1 aliphatic carbocycles. The van der Waals surface area contributed by atoms with Crippen LogP contribution in [0.5, 0.6) is 0 Å². The van der Waals surface area contributed by atoms with Gasteiger partial charge in [-0.3, -0.25) is 14.1 Å². The number of carbonyl (C=O) groups excluding carboxylic acids is 2. The summed E-state index contributed by atoms with van der Waals surface area (Å²) in [5, 5.41) is 0. The molecule has 0 atom stereocenters. The van der Waals surface area contributed by atoms with Gasteiger partial charge in [-0.05, 0) is 30.4 Å². The molecular formula is C13H18N2O5S. The Labute approximate surface area is 123 Å². The Kier molecular flexibility index (Phi) is 5.45. The topological polar surface area (TPSA) is 141 Å². The van der Waals surface area contributed by atoms with Gasteiger partial charge < -0.3 is 11.5 Å². The van der Waals surface area contributed by atoms with E-state index >= 15 is 0 Å². The first-order valence-corrected chi connectivity index (χ1v) is 7.68. The summed E-state index contributed by atoms with van der Waals surface area (Å²) in [4.78, 5) is 20.9. The summed E-state index contributed by atoms with van der Waals surface area (Å²) in [7, 11) is -4.00. The van der Waals surface area contributed by atoms with Crippen LogP contribution < -0.4 is 11.5 Å². The summed E-state index contributed by atoms with van der Waals surface area (Å²) in [6.45, 7) is 0. The van der Waals surface area contributed by atoms with Crippen molar-refractivity contribution in [3.8, 4) is 0 Å². The molecule has 1 aromatic rings. The molecule has 0 aliphatic heterocycles. The molecule has 0 aromatic heterocycles. The fourth-order valence-electron chi connectivity index (χ4n) is 1.92. The number of carbonyl (C=O) groups is 2. The lowest BCUT2D eigenvalue weighted by atomic mass is 9.98. The molecule has 0 spiro atoms. The molecule has 0 radical (unpaired) electrons. The average Bonchev–Trinajstić information content (AvgIpc) is 3.07. The van der Waals surface area contributed by atoms with Crippen LogP contribution >= 0.6 is 0 Å². The Hall–Kier alpha value is -1.93. The summed E-state index contributed by atoms with van der Waals surface area (Å²) in [6.07, 6.45) is 2.41. The SMILES string of the molecule is NC(=O)CC1(CC(N)=O)CC1.O=S(=O)(O)c1ccccc1. The van der Waals surface area contributed by atoms with Crippen molar-refractivity contribution in [1.82, 2.24) is 0 Å². The maximum atomic E-state index is 10.5. The molecule has 0 unspecified atom stereocenters. The number of primary amides is 2. The maximum absolute atomic E-state index is 10.5. The van der Waals surface area contributed by atoms with Crippen molar-refractivity contribution >= 4 is 21.9 Å². The van der Waals surface area contributed by atoms with Crippen molar-refractivity contribution in [2.45, 2.75) is 30.6 Å². The average molecular weight is 314 g/mol. The van der Waals surface area contributed by atoms with Crippen LogP contribution in [0.15, 0.2) is 35.2 Å². The fraction of sp³-hybridized carbons (Fsp3) is 0.385. The van der Waals surface area contributed by atoms with Crippen molar-refractivity contribution in [2.75, 3.05) is 0 Å². The molecule has 0 bridgehead atoms. The van der Waals surface area contributed by atoms with Crippen molar-refractivity contribution < 1.29 is 22.6 Å². The zero-order valence-corrected chi connectivity index (χ0v) is 12.2. The van der Waals surface area contributed by atoms with Gasteiger partial charge in [-0.25, -0.2) is 0 Å². The monoisotopic (exact) mass is 314 g/mol. The van der Waals surface area contributed by atoms with E-state index in [2.05, 4.69) is 0 Å². The number of benzene rings is 1. The molecule has 1 saturated carbocycles. The Morgan fingerprint density at radius 1 is 1.05 bits per heavy atom. The predicted octanol–water partition coefficient (Wildman–Crippen LogP) is 0.451. The molecule has 1 fully saturated rings. The summed E-state index contributed by atoms with van der Waals surface area (Å²) < 4.78 is 29.2. The third kappa shape index (κ3) is 6.37. The van der Waals surface area contributed by atoms with Crippen LogP contribution in [0.2, 0.25) is 0 Å². The Balaban J connectivity index is 0.000000211. The molecular weight excluding hydrogens is 296 g/mol. The predicted molar refractivity (Wildman–Crippen MR) is 75.5 cm³/mol. The van der Waals surface area contributed by atoms with Gasteiger partial charge in [-0.2, -0.15) is 8.42 Å². The highest BCUT2D eigenvalue weighted by Gasteiger charge is 2.44. The van der Waals surface area contributed by atoms with E-state index in [-0.39, 0.29) is 22.1 Å². The molecule has 5 N–H and O–H groups in total. The minimum Gasteiger partial charge on any atom is -0.370 e. The van der Waals surface area contributed by atoms with Crippen molar-refractivity contribution in [3.63, 3.8) is 0 Å². The van der Waals surface area contributed by atoms with E-state index in [1.165, 1.54) is 12.1 Å². The van der Waals surface area contributed by atoms with Crippen LogP contribution in [0.1, 0.15) is 25.7 Å². The van der Waals surface area contributed by atoms with E-state index in [1.54, 1.807) is 18.2 Å². The highest BCUT2D eigenvalue weighted by atomic mass is 32.2. The zero-order chi connectivity index (χ0) is 16.1. The van der Waals surface area contributed by atoms with Crippen molar-refractivity contribution in [2.24, 2.45) is 16.9 Å². The van der Waals surface area contributed by atoms with Crippen LogP contribution in [0.3, 0.4) is 0 Å². The lowest BCUT2D eigenvalue weighted by molar-refractivity contribution is -0.121. The third-order valence-corrected chi connectivity index (χ3v) is 3.96. The summed E-state index contributed by atoms with van der Waals surface area (Å²) >= 11 is 0. The van der Waals surface area contributed by atoms with Crippen molar-refractivity contribution in [3.05, 3.63) is 30.3 Å². The fourth-order valence-corrected chi connectivity index (χ4v) is 2.43. The van der Waals surface area contributed by atoms with E-state index in [0.29, 0.717) is 12.8 Å². The molecule has 1 aromatic carbocycles. The van der Waals surface area contributed by atoms with Crippen LogP contribution in [0, 0.1) is 5.41 Å². The van der Waals surface area contributed by atoms with E-state index in [0.717, 1.165) is 12.8 Å². The summed E-state index contributed by atoms with van der Waals surface area (Å²) in [5.74, 6) is -0.688. The molecule has 8 heteroatoms. The Morgan fingerprint density at radius 3 is 1.71 bits per heavy atom. The molecule has 0 saturated heterocycles. The summed E-state index contributed by atoms with van der Waals surface area (Å²) in [5.41, 5.74) is 9.85. The van der Waals surface area contributed by atoms with E-state index in [4.69, 9.17) is 16.0 Å². The number of rotatable bonds is 5. The molecule has 116 valence electrons. The van der Waals surface area contributed by atoms with Gasteiger partial charge in [0.1, 0.15) is 0 Å².